The highest BCUT2D eigenvalue weighted by molar-refractivity contribution is 7.89. The van der Waals surface area contributed by atoms with Gasteiger partial charge >= 0.3 is 0 Å². The molecule has 0 bridgehead atoms. The molecule has 1 aliphatic rings. The largest absolute Gasteiger partial charge is 0.337 e. The molecule has 3 rings (SSSR count). The number of benzene rings is 2. The Morgan fingerprint density at radius 1 is 0.862 bits per heavy atom. The van der Waals surface area contributed by atoms with Crippen LogP contribution in [0.3, 0.4) is 0 Å². The predicted molar refractivity (Wildman–Crippen MR) is 97.1 cm³/mol. The minimum atomic E-state index is -4.38. The molecule has 0 saturated carbocycles. The van der Waals surface area contributed by atoms with Crippen LogP contribution in [0.1, 0.15) is 5.56 Å². The fourth-order valence-electron chi connectivity index (χ4n) is 2.84. The third-order valence-electron chi connectivity index (χ3n) is 4.46. The van der Waals surface area contributed by atoms with Crippen molar-refractivity contribution in [2.24, 2.45) is 0 Å². The number of sulfonamides is 1. The highest BCUT2D eigenvalue weighted by Gasteiger charge is 2.33. The Morgan fingerprint density at radius 2 is 1.48 bits per heavy atom. The van der Waals surface area contributed by atoms with E-state index in [0.717, 1.165) is 4.31 Å². The first-order valence-corrected chi connectivity index (χ1v) is 10.0. The van der Waals surface area contributed by atoms with Gasteiger partial charge in [-0.15, -0.1) is 0 Å². The van der Waals surface area contributed by atoms with Gasteiger partial charge in [-0.1, -0.05) is 12.1 Å². The van der Waals surface area contributed by atoms with Crippen LogP contribution in [0.4, 0.5) is 17.6 Å². The Bertz CT molecular complexity index is 1050. The summed E-state index contributed by atoms with van der Waals surface area (Å²) in [6, 6.07) is 6.73. The molecule has 2 aromatic carbocycles. The standard InChI is InChI=1S/C19H16F4N2O3S/c20-14-4-1-13(2-5-14)3-8-17(26)24-9-11-25(12-10-24)29(27,28)16-7-6-15(21)18(22)19(16)23/h1-8H,9-12H2. The number of hydrogen-bond acceptors (Lipinski definition) is 3. The van der Waals surface area contributed by atoms with Crippen molar-refractivity contribution in [3.05, 3.63) is 71.3 Å². The Labute approximate surface area is 164 Å². The molecule has 1 saturated heterocycles. The molecule has 1 fully saturated rings. The SMILES string of the molecule is O=C(C=Cc1ccc(F)cc1)N1CCN(S(=O)(=O)c2ccc(F)c(F)c2F)CC1. The molecule has 0 unspecified atom stereocenters. The second-order valence-electron chi connectivity index (χ2n) is 6.29. The van der Waals surface area contributed by atoms with Crippen molar-refractivity contribution in [1.82, 2.24) is 9.21 Å². The summed E-state index contributed by atoms with van der Waals surface area (Å²) < 4.78 is 79.2. The maximum absolute atomic E-state index is 13.9. The van der Waals surface area contributed by atoms with E-state index < -0.39 is 38.2 Å². The molecule has 1 heterocycles. The first kappa shape index (κ1) is 21.0. The average Bonchev–Trinajstić information content (AvgIpc) is 2.71. The molecule has 0 N–H and O–H groups in total. The number of halogens is 4. The van der Waals surface area contributed by atoms with E-state index in [1.54, 1.807) is 0 Å². The van der Waals surface area contributed by atoms with Gasteiger partial charge in [-0.2, -0.15) is 4.31 Å². The van der Waals surface area contributed by atoms with Crippen LogP contribution in [-0.2, 0) is 14.8 Å². The molecule has 10 heteroatoms. The van der Waals surface area contributed by atoms with Crippen LogP contribution in [0.2, 0.25) is 0 Å². The van der Waals surface area contributed by atoms with Crippen LogP contribution in [0.15, 0.2) is 47.4 Å². The van der Waals surface area contributed by atoms with Gasteiger partial charge in [0, 0.05) is 32.3 Å². The molecule has 1 aliphatic heterocycles. The summed E-state index contributed by atoms with van der Waals surface area (Å²) in [4.78, 5) is 12.7. The maximum atomic E-state index is 13.9. The molecule has 0 spiro atoms. The van der Waals surface area contributed by atoms with Crippen LogP contribution in [0.25, 0.3) is 6.08 Å². The van der Waals surface area contributed by atoms with Gasteiger partial charge in [-0.25, -0.2) is 26.0 Å². The first-order chi connectivity index (χ1) is 13.7. The summed E-state index contributed by atoms with van der Waals surface area (Å²) in [6.45, 7) is -0.179. The topological polar surface area (TPSA) is 57.7 Å². The van der Waals surface area contributed by atoms with Crippen molar-refractivity contribution in [3.63, 3.8) is 0 Å². The van der Waals surface area contributed by atoms with Crippen molar-refractivity contribution in [3.8, 4) is 0 Å². The lowest BCUT2D eigenvalue weighted by Gasteiger charge is -2.33. The van der Waals surface area contributed by atoms with E-state index in [2.05, 4.69) is 0 Å². The van der Waals surface area contributed by atoms with Crippen molar-refractivity contribution in [2.75, 3.05) is 26.2 Å². The smallest absolute Gasteiger partial charge is 0.246 e. The van der Waals surface area contributed by atoms with Gasteiger partial charge in [0.25, 0.3) is 0 Å². The highest BCUT2D eigenvalue weighted by Crippen LogP contribution is 2.24. The molecular weight excluding hydrogens is 412 g/mol. The molecular formula is C19H16F4N2O3S. The molecule has 0 aliphatic carbocycles. The van der Waals surface area contributed by atoms with Crippen LogP contribution >= 0.6 is 0 Å². The van der Waals surface area contributed by atoms with Gasteiger partial charge in [0.2, 0.25) is 15.9 Å². The zero-order chi connectivity index (χ0) is 21.2. The summed E-state index contributed by atoms with van der Waals surface area (Å²) >= 11 is 0. The normalized spacial score (nSPS) is 15.8. The second kappa shape index (κ2) is 8.34. The minimum Gasteiger partial charge on any atom is -0.337 e. The zero-order valence-corrected chi connectivity index (χ0v) is 15.8. The van der Waals surface area contributed by atoms with E-state index in [1.165, 1.54) is 41.3 Å². The molecule has 0 atom stereocenters. The summed E-state index contributed by atoms with van der Waals surface area (Å²) in [5, 5.41) is 0. The van der Waals surface area contributed by atoms with Crippen molar-refractivity contribution < 1.29 is 30.8 Å². The fraction of sp³-hybridized carbons (Fsp3) is 0.211. The molecule has 1 amide bonds. The summed E-state index contributed by atoms with van der Waals surface area (Å²) in [7, 11) is -4.38. The second-order valence-corrected chi connectivity index (χ2v) is 8.19. The quantitative estimate of drug-likeness (QED) is 0.428. The highest BCUT2D eigenvalue weighted by atomic mass is 32.2. The van der Waals surface area contributed by atoms with Crippen LogP contribution in [0.5, 0.6) is 0 Å². The van der Waals surface area contributed by atoms with Crippen molar-refractivity contribution in [1.29, 1.82) is 0 Å². The van der Waals surface area contributed by atoms with E-state index >= 15 is 0 Å². The maximum Gasteiger partial charge on any atom is 0.246 e. The molecule has 5 nitrogen and oxygen atoms in total. The summed E-state index contributed by atoms with van der Waals surface area (Å²) in [5.41, 5.74) is 0.620. The molecule has 0 radical (unpaired) electrons. The van der Waals surface area contributed by atoms with Gasteiger partial charge < -0.3 is 4.90 Å². The van der Waals surface area contributed by atoms with E-state index in [0.29, 0.717) is 17.7 Å². The lowest BCUT2D eigenvalue weighted by molar-refractivity contribution is -0.127. The van der Waals surface area contributed by atoms with Gasteiger partial charge in [0.05, 0.1) is 0 Å². The van der Waals surface area contributed by atoms with Gasteiger partial charge in [-0.05, 0) is 35.9 Å². The Kier molecular flexibility index (Phi) is 6.04. The van der Waals surface area contributed by atoms with Crippen LogP contribution < -0.4 is 0 Å². The first-order valence-electron chi connectivity index (χ1n) is 8.56. The summed E-state index contributed by atoms with van der Waals surface area (Å²) in [6.07, 6.45) is 2.79. The van der Waals surface area contributed by atoms with Crippen molar-refractivity contribution >= 4 is 22.0 Å². The van der Waals surface area contributed by atoms with E-state index in [-0.39, 0.29) is 32.1 Å². The van der Waals surface area contributed by atoms with E-state index in [9.17, 15) is 30.8 Å². The predicted octanol–water partition coefficient (Wildman–Crippen LogP) is 2.79. The van der Waals surface area contributed by atoms with E-state index in [1.807, 2.05) is 0 Å². The Morgan fingerprint density at radius 3 is 2.10 bits per heavy atom. The van der Waals surface area contributed by atoms with Crippen LogP contribution in [-0.4, -0.2) is 49.7 Å². The zero-order valence-electron chi connectivity index (χ0n) is 15.0. The number of carbonyl (C=O) groups excluding carboxylic acids is 1. The lowest BCUT2D eigenvalue weighted by atomic mass is 10.2. The third-order valence-corrected chi connectivity index (χ3v) is 6.37. The monoisotopic (exact) mass is 428 g/mol. The Balaban J connectivity index is 1.66. The number of carbonyl (C=O) groups is 1. The number of amides is 1. The molecule has 2 aromatic rings. The third kappa shape index (κ3) is 4.48. The molecule has 0 aromatic heterocycles. The minimum absolute atomic E-state index is 0.0388. The van der Waals surface area contributed by atoms with Gasteiger partial charge in [0.15, 0.2) is 17.5 Å². The molecule has 29 heavy (non-hydrogen) atoms. The fourth-order valence-corrected chi connectivity index (χ4v) is 4.32. The van der Waals surface area contributed by atoms with E-state index in [4.69, 9.17) is 0 Å². The summed E-state index contributed by atoms with van der Waals surface area (Å²) in [5.74, 6) is -5.88. The van der Waals surface area contributed by atoms with Gasteiger partial charge in [-0.3, -0.25) is 4.79 Å². The number of hydrogen-bond donors (Lipinski definition) is 0. The molecule has 154 valence electrons. The number of nitrogens with zero attached hydrogens (tertiary/aromatic N) is 2. The van der Waals surface area contributed by atoms with Crippen molar-refractivity contribution in [2.45, 2.75) is 4.90 Å². The number of piperazine rings is 1. The lowest BCUT2D eigenvalue weighted by Crippen LogP contribution is -2.50. The number of rotatable bonds is 4. The average molecular weight is 428 g/mol. The van der Waals surface area contributed by atoms with Gasteiger partial charge in [0.1, 0.15) is 10.7 Å². The van der Waals surface area contributed by atoms with Crippen LogP contribution in [0, 0.1) is 23.3 Å². The Hall–Kier alpha value is -2.72.